The summed E-state index contributed by atoms with van der Waals surface area (Å²) in [5.74, 6) is -0.626. The molecule has 172 valence electrons. The molecule has 0 aliphatic heterocycles. The standard InChI is InChI=1S/C22H17BrCl3N3O3S/c23-17-6-8-18(9-7-17)33(31,32)29(13-16-3-1-2-4-19(16)24)14-22(30)28-27-12-15-5-10-20(25)21(26)11-15/h1-12H,13-14H2,(H,28,30)/b27-12+. The lowest BCUT2D eigenvalue weighted by atomic mass is 10.2. The third-order valence-corrected chi connectivity index (χ3v) is 7.86. The molecule has 0 unspecified atom stereocenters. The number of hydrogen-bond donors (Lipinski definition) is 1. The number of nitrogens with one attached hydrogen (secondary N) is 1. The Morgan fingerprint density at radius 1 is 0.970 bits per heavy atom. The largest absolute Gasteiger partial charge is 0.272 e. The molecule has 0 saturated heterocycles. The van der Waals surface area contributed by atoms with Crippen LogP contribution in [0.3, 0.4) is 0 Å². The Kier molecular flexibility index (Phi) is 8.92. The fourth-order valence-corrected chi connectivity index (χ4v) is 4.91. The van der Waals surface area contributed by atoms with Crippen LogP contribution in [-0.4, -0.2) is 31.4 Å². The van der Waals surface area contributed by atoms with E-state index in [4.69, 9.17) is 34.8 Å². The number of amides is 1. The predicted octanol–water partition coefficient (Wildman–Crippen LogP) is 5.75. The molecular weight excluding hydrogens is 573 g/mol. The van der Waals surface area contributed by atoms with Gasteiger partial charge in [0.1, 0.15) is 0 Å². The van der Waals surface area contributed by atoms with E-state index >= 15 is 0 Å². The van der Waals surface area contributed by atoms with Gasteiger partial charge < -0.3 is 0 Å². The Morgan fingerprint density at radius 3 is 2.33 bits per heavy atom. The summed E-state index contributed by atoms with van der Waals surface area (Å²) in [6.07, 6.45) is 1.38. The van der Waals surface area contributed by atoms with Crippen molar-refractivity contribution in [2.75, 3.05) is 6.54 Å². The summed E-state index contributed by atoms with van der Waals surface area (Å²) in [6, 6.07) is 17.8. The SMILES string of the molecule is O=C(CN(Cc1ccccc1Cl)S(=O)(=O)c1ccc(Br)cc1)N/N=C/c1ccc(Cl)c(Cl)c1. The van der Waals surface area contributed by atoms with Crippen LogP contribution < -0.4 is 5.43 Å². The minimum atomic E-state index is -4.01. The van der Waals surface area contributed by atoms with Gasteiger partial charge in [-0.15, -0.1) is 0 Å². The third kappa shape index (κ3) is 7.02. The zero-order valence-corrected chi connectivity index (χ0v) is 21.6. The van der Waals surface area contributed by atoms with E-state index in [9.17, 15) is 13.2 Å². The van der Waals surface area contributed by atoms with Gasteiger partial charge in [0, 0.05) is 16.0 Å². The molecule has 11 heteroatoms. The first kappa shape index (κ1) is 25.7. The zero-order chi connectivity index (χ0) is 24.0. The number of hydrogen-bond acceptors (Lipinski definition) is 4. The maximum absolute atomic E-state index is 13.3. The van der Waals surface area contributed by atoms with E-state index in [0.29, 0.717) is 26.2 Å². The molecule has 3 aromatic carbocycles. The zero-order valence-electron chi connectivity index (χ0n) is 16.9. The molecule has 0 aromatic heterocycles. The molecule has 0 aliphatic carbocycles. The van der Waals surface area contributed by atoms with E-state index in [1.807, 2.05) is 0 Å². The highest BCUT2D eigenvalue weighted by Gasteiger charge is 2.27. The first-order valence-electron chi connectivity index (χ1n) is 9.43. The van der Waals surface area contributed by atoms with Crippen LogP contribution in [0.5, 0.6) is 0 Å². The summed E-state index contributed by atoms with van der Waals surface area (Å²) < 4.78 is 28.3. The highest BCUT2D eigenvalue weighted by molar-refractivity contribution is 9.10. The molecular formula is C22H17BrCl3N3O3S. The molecule has 1 amide bonds. The predicted molar refractivity (Wildman–Crippen MR) is 135 cm³/mol. The van der Waals surface area contributed by atoms with Crippen molar-refractivity contribution in [2.45, 2.75) is 11.4 Å². The van der Waals surface area contributed by atoms with E-state index < -0.39 is 22.5 Å². The van der Waals surface area contributed by atoms with Crippen molar-refractivity contribution in [1.82, 2.24) is 9.73 Å². The molecule has 0 bridgehead atoms. The Balaban J connectivity index is 1.80. The van der Waals surface area contributed by atoms with E-state index in [0.717, 1.165) is 8.78 Å². The number of nitrogens with zero attached hydrogens (tertiary/aromatic N) is 2. The van der Waals surface area contributed by atoms with Crippen molar-refractivity contribution in [2.24, 2.45) is 5.10 Å². The van der Waals surface area contributed by atoms with Crippen LogP contribution in [0.4, 0.5) is 0 Å². The van der Waals surface area contributed by atoms with Gasteiger partial charge in [0.25, 0.3) is 5.91 Å². The number of benzene rings is 3. The Morgan fingerprint density at radius 2 is 1.67 bits per heavy atom. The molecule has 3 rings (SSSR count). The van der Waals surface area contributed by atoms with Crippen molar-refractivity contribution < 1.29 is 13.2 Å². The lowest BCUT2D eigenvalue weighted by Gasteiger charge is -2.22. The maximum atomic E-state index is 13.3. The van der Waals surface area contributed by atoms with E-state index in [1.54, 1.807) is 54.6 Å². The minimum absolute atomic E-state index is 0.0462. The molecule has 3 aromatic rings. The van der Waals surface area contributed by atoms with Crippen LogP contribution in [0.2, 0.25) is 15.1 Å². The minimum Gasteiger partial charge on any atom is -0.272 e. The fraction of sp³-hybridized carbons (Fsp3) is 0.0909. The van der Waals surface area contributed by atoms with Crippen molar-refractivity contribution in [3.8, 4) is 0 Å². The number of carbonyl (C=O) groups is 1. The summed E-state index contributed by atoms with van der Waals surface area (Å²) in [4.78, 5) is 12.6. The van der Waals surface area contributed by atoms with Gasteiger partial charge >= 0.3 is 0 Å². The Labute approximate surface area is 215 Å². The quantitative estimate of drug-likeness (QED) is 0.269. The lowest BCUT2D eigenvalue weighted by Crippen LogP contribution is -2.39. The van der Waals surface area contributed by atoms with Crippen LogP contribution in [0.1, 0.15) is 11.1 Å². The molecule has 0 atom stereocenters. The van der Waals surface area contributed by atoms with Gasteiger partial charge in [0.15, 0.2) is 0 Å². The maximum Gasteiger partial charge on any atom is 0.255 e. The molecule has 6 nitrogen and oxygen atoms in total. The second-order valence-corrected chi connectivity index (χ2v) is 10.9. The first-order chi connectivity index (χ1) is 15.7. The molecule has 1 N–H and O–H groups in total. The number of sulfonamides is 1. The fourth-order valence-electron chi connectivity index (χ4n) is 2.77. The van der Waals surface area contributed by atoms with Gasteiger partial charge in [-0.3, -0.25) is 4.79 Å². The average Bonchev–Trinajstić information content (AvgIpc) is 2.77. The van der Waals surface area contributed by atoms with Crippen molar-refractivity contribution in [3.63, 3.8) is 0 Å². The van der Waals surface area contributed by atoms with Gasteiger partial charge in [0.05, 0.1) is 27.7 Å². The van der Waals surface area contributed by atoms with Gasteiger partial charge in [-0.05, 0) is 53.6 Å². The van der Waals surface area contributed by atoms with Gasteiger partial charge in [-0.1, -0.05) is 75.0 Å². The number of halogens is 4. The topological polar surface area (TPSA) is 78.8 Å². The van der Waals surface area contributed by atoms with E-state index in [-0.39, 0.29) is 11.4 Å². The normalized spacial score (nSPS) is 11.8. The van der Waals surface area contributed by atoms with Crippen molar-refractivity contribution >= 4 is 72.9 Å². The van der Waals surface area contributed by atoms with E-state index in [1.165, 1.54) is 18.3 Å². The Hall–Kier alpha value is -1.94. The average molecular weight is 590 g/mol. The number of carbonyl (C=O) groups excluding carboxylic acids is 1. The van der Waals surface area contributed by atoms with Gasteiger partial charge in [-0.25, -0.2) is 13.8 Å². The molecule has 0 radical (unpaired) electrons. The van der Waals surface area contributed by atoms with Crippen molar-refractivity contribution in [1.29, 1.82) is 0 Å². The molecule has 0 aliphatic rings. The van der Waals surface area contributed by atoms with Gasteiger partial charge in [-0.2, -0.15) is 9.41 Å². The first-order valence-corrected chi connectivity index (χ1v) is 12.8. The highest BCUT2D eigenvalue weighted by atomic mass is 79.9. The van der Waals surface area contributed by atoms with Crippen LogP contribution in [0.15, 0.2) is 81.2 Å². The van der Waals surface area contributed by atoms with Crippen molar-refractivity contribution in [3.05, 3.63) is 97.4 Å². The molecule has 0 fully saturated rings. The molecule has 0 spiro atoms. The summed E-state index contributed by atoms with van der Waals surface area (Å²) >= 11 is 21.4. The lowest BCUT2D eigenvalue weighted by molar-refractivity contribution is -0.121. The summed E-state index contributed by atoms with van der Waals surface area (Å²) in [5, 5.41) is 5.01. The summed E-state index contributed by atoms with van der Waals surface area (Å²) in [7, 11) is -4.01. The monoisotopic (exact) mass is 587 g/mol. The van der Waals surface area contributed by atoms with Crippen LogP contribution >= 0.6 is 50.7 Å². The third-order valence-electron chi connectivity index (χ3n) is 4.42. The second-order valence-electron chi connectivity index (χ2n) is 6.79. The number of hydrazone groups is 1. The highest BCUT2D eigenvalue weighted by Crippen LogP contribution is 2.24. The smallest absolute Gasteiger partial charge is 0.255 e. The van der Waals surface area contributed by atoms with E-state index in [2.05, 4.69) is 26.5 Å². The summed E-state index contributed by atoms with van der Waals surface area (Å²) in [6.45, 7) is -0.565. The molecule has 33 heavy (non-hydrogen) atoms. The second kappa shape index (κ2) is 11.5. The van der Waals surface area contributed by atoms with Crippen LogP contribution in [0.25, 0.3) is 0 Å². The summed E-state index contributed by atoms with van der Waals surface area (Å²) in [5.41, 5.74) is 3.51. The molecule has 0 heterocycles. The number of rotatable bonds is 8. The van der Waals surface area contributed by atoms with Crippen LogP contribution in [-0.2, 0) is 21.4 Å². The molecule has 0 saturated carbocycles. The Bertz CT molecular complexity index is 1290. The van der Waals surface area contributed by atoms with Crippen LogP contribution in [0, 0.1) is 0 Å². The van der Waals surface area contributed by atoms with Gasteiger partial charge in [0.2, 0.25) is 10.0 Å².